The number of ether oxygens (including phenoxy) is 2. The molecule has 7 heteroatoms. The predicted molar refractivity (Wildman–Crippen MR) is 111 cm³/mol. The zero-order chi connectivity index (χ0) is 19.4. The maximum atomic E-state index is 12.8. The molecular formula is C20H17NO4S2. The molecule has 1 fully saturated rings. The van der Waals surface area contributed by atoms with Crippen molar-refractivity contribution in [1.82, 2.24) is 0 Å². The molecule has 0 unspecified atom stereocenters. The lowest BCUT2D eigenvalue weighted by atomic mass is 10.1. The number of nitrogens with zero attached hydrogens (tertiary/aromatic N) is 1. The van der Waals surface area contributed by atoms with Crippen LogP contribution in [0.2, 0.25) is 0 Å². The van der Waals surface area contributed by atoms with Crippen LogP contribution in [0.5, 0.6) is 5.75 Å². The minimum atomic E-state index is -0.400. The predicted octanol–water partition coefficient (Wildman–Crippen LogP) is 4.28. The van der Waals surface area contributed by atoms with Crippen molar-refractivity contribution in [3.63, 3.8) is 0 Å². The molecule has 1 saturated heterocycles. The highest BCUT2D eigenvalue weighted by molar-refractivity contribution is 8.27. The van der Waals surface area contributed by atoms with E-state index < -0.39 is 5.97 Å². The first kappa shape index (κ1) is 19.1. The summed E-state index contributed by atoms with van der Waals surface area (Å²) in [6, 6.07) is 14.1. The van der Waals surface area contributed by atoms with Gasteiger partial charge in [0, 0.05) is 0 Å². The molecule has 0 N–H and O–H groups in total. The number of carbonyl (C=O) groups excluding carboxylic acids is 2. The van der Waals surface area contributed by atoms with E-state index in [2.05, 4.69) is 4.74 Å². The van der Waals surface area contributed by atoms with Crippen molar-refractivity contribution in [2.75, 3.05) is 18.6 Å². The lowest BCUT2D eigenvalue weighted by Gasteiger charge is -2.15. The van der Waals surface area contributed by atoms with Gasteiger partial charge in [0.2, 0.25) is 0 Å². The number of benzene rings is 2. The highest BCUT2D eigenvalue weighted by Gasteiger charge is 2.33. The number of hydrogen-bond acceptors (Lipinski definition) is 6. The summed E-state index contributed by atoms with van der Waals surface area (Å²) < 4.78 is 10.6. The van der Waals surface area contributed by atoms with Crippen LogP contribution in [-0.2, 0) is 9.53 Å². The second-order valence-electron chi connectivity index (χ2n) is 5.56. The summed E-state index contributed by atoms with van der Waals surface area (Å²) in [6.45, 7) is 2.50. The van der Waals surface area contributed by atoms with Gasteiger partial charge in [0.1, 0.15) is 5.75 Å². The van der Waals surface area contributed by atoms with Gasteiger partial charge in [-0.1, -0.05) is 36.1 Å². The number of hydrogen-bond donors (Lipinski definition) is 0. The molecule has 1 heterocycles. The first-order chi connectivity index (χ1) is 13.0. The molecular weight excluding hydrogens is 382 g/mol. The Hall–Kier alpha value is -2.64. The number of methoxy groups -OCH3 is 1. The van der Waals surface area contributed by atoms with Crippen LogP contribution in [0.15, 0.2) is 53.4 Å². The molecule has 0 bridgehead atoms. The molecule has 27 heavy (non-hydrogen) atoms. The van der Waals surface area contributed by atoms with Crippen LogP contribution in [0.3, 0.4) is 0 Å². The average Bonchev–Trinajstić information content (AvgIpc) is 2.96. The van der Waals surface area contributed by atoms with Gasteiger partial charge in [-0.2, -0.15) is 0 Å². The Balaban J connectivity index is 1.80. The van der Waals surface area contributed by atoms with Gasteiger partial charge in [-0.15, -0.1) is 0 Å². The van der Waals surface area contributed by atoms with Crippen LogP contribution >= 0.6 is 24.0 Å². The summed E-state index contributed by atoms with van der Waals surface area (Å²) in [5, 5.41) is 0. The molecule has 0 radical (unpaired) electrons. The van der Waals surface area contributed by atoms with E-state index in [1.54, 1.807) is 30.3 Å². The average molecular weight is 399 g/mol. The fraction of sp³-hybridized carbons (Fsp3) is 0.150. The molecule has 1 aliphatic heterocycles. The molecule has 1 amide bonds. The maximum Gasteiger partial charge on any atom is 0.337 e. The van der Waals surface area contributed by atoms with Crippen molar-refractivity contribution >= 4 is 51.9 Å². The van der Waals surface area contributed by atoms with Gasteiger partial charge in [0.05, 0.1) is 29.9 Å². The number of esters is 1. The quantitative estimate of drug-likeness (QED) is 0.425. The molecule has 0 aromatic heterocycles. The fourth-order valence-corrected chi connectivity index (χ4v) is 3.83. The van der Waals surface area contributed by atoms with Crippen LogP contribution < -0.4 is 9.64 Å². The number of anilines is 1. The Bertz CT molecular complexity index is 905. The zero-order valence-corrected chi connectivity index (χ0v) is 16.4. The van der Waals surface area contributed by atoms with E-state index in [4.69, 9.17) is 17.0 Å². The van der Waals surface area contributed by atoms with Gasteiger partial charge >= 0.3 is 5.97 Å². The molecule has 0 aliphatic carbocycles. The largest absolute Gasteiger partial charge is 0.494 e. The normalized spacial score (nSPS) is 15.3. The Morgan fingerprint density at radius 3 is 2.41 bits per heavy atom. The smallest absolute Gasteiger partial charge is 0.337 e. The van der Waals surface area contributed by atoms with E-state index in [9.17, 15) is 9.59 Å². The van der Waals surface area contributed by atoms with Crippen molar-refractivity contribution in [2.45, 2.75) is 6.92 Å². The first-order valence-corrected chi connectivity index (χ1v) is 9.45. The van der Waals surface area contributed by atoms with Gasteiger partial charge in [-0.3, -0.25) is 9.69 Å². The van der Waals surface area contributed by atoms with Crippen LogP contribution in [0.4, 0.5) is 5.69 Å². The van der Waals surface area contributed by atoms with Gasteiger partial charge < -0.3 is 9.47 Å². The third kappa shape index (κ3) is 4.20. The topological polar surface area (TPSA) is 55.8 Å². The summed E-state index contributed by atoms with van der Waals surface area (Å²) >= 11 is 6.63. The highest BCUT2D eigenvalue weighted by Crippen LogP contribution is 2.36. The molecule has 138 valence electrons. The van der Waals surface area contributed by atoms with Crippen molar-refractivity contribution in [3.05, 3.63) is 64.6 Å². The second kappa shape index (κ2) is 8.37. The summed E-state index contributed by atoms with van der Waals surface area (Å²) in [6.07, 6.45) is 1.76. The van der Waals surface area contributed by atoms with Gasteiger partial charge in [0.15, 0.2) is 4.32 Å². The minimum Gasteiger partial charge on any atom is -0.494 e. The lowest BCUT2D eigenvalue weighted by Crippen LogP contribution is -2.27. The molecule has 1 aliphatic rings. The third-order valence-electron chi connectivity index (χ3n) is 3.83. The van der Waals surface area contributed by atoms with Crippen LogP contribution in [0.1, 0.15) is 22.8 Å². The Kier molecular flexibility index (Phi) is 5.93. The molecule has 0 saturated carbocycles. The fourth-order valence-electron chi connectivity index (χ4n) is 2.53. The van der Waals surface area contributed by atoms with E-state index in [0.717, 1.165) is 11.3 Å². The van der Waals surface area contributed by atoms with Gasteiger partial charge in [-0.25, -0.2) is 4.79 Å². The van der Waals surface area contributed by atoms with E-state index in [-0.39, 0.29) is 5.91 Å². The summed E-state index contributed by atoms with van der Waals surface area (Å²) in [5.41, 5.74) is 1.96. The van der Waals surface area contributed by atoms with E-state index in [0.29, 0.717) is 27.1 Å². The van der Waals surface area contributed by atoms with E-state index in [1.165, 1.54) is 23.8 Å². The molecule has 0 atom stereocenters. The Morgan fingerprint density at radius 2 is 1.81 bits per heavy atom. The van der Waals surface area contributed by atoms with Gasteiger partial charge in [-0.05, 0) is 55.0 Å². The number of amides is 1. The standard InChI is InChI=1S/C20H17NO4S2/c1-3-25-16-10-8-15(9-11-16)21-18(22)17(27-20(21)26)12-13-4-6-14(7-5-13)19(23)24-2/h4-12H,3H2,1-2H3/b17-12+. The van der Waals surface area contributed by atoms with Crippen LogP contribution in [0, 0.1) is 0 Å². The van der Waals surface area contributed by atoms with Crippen molar-refractivity contribution in [3.8, 4) is 5.75 Å². The molecule has 3 rings (SSSR count). The Labute approximate surface area is 167 Å². The summed E-state index contributed by atoms with van der Waals surface area (Å²) in [5.74, 6) is 0.169. The van der Waals surface area contributed by atoms with E-state index >= 15 is 0 Å². The Morgan fingerprint density at radius 1 is 1.15 bits per heavy atom. The number of thioether (sulfide) groups is 1. The van der Waals surface area contributed by atoms with Crippen LogP contribution in [0.25, 0.3) is 6.08 Å². The van der Waals surface area contributed by atoms with Crippen molar-refractivity contribution in [1.29, 1.82) is 0 Å². The zero-order valence-electron chi connectivity index (χ0n) is 14.8. The lowest BCUT2D eigenvalue weighted by molar-refractivity contribution is -0.113. The SMILES string of the molecule is CCOc1ccc(N2C(=O)/C(=C\c3ccc(C(=O)OC)cc3)SC2=S)cc1. The highest BCUT2D eigenvalue weighted by atomic mass is 32.2. The van der Waals surface area contributed by atoms with Crippen molar-refractivity contribution in [2.24, 2.45) is 0 Å². The monoisotopic (exact) mass is 399 g/mol. The third-order valence-corrected chi connectivity index (χ3v) is 5.13. The van der Waals surface area contributed by atoms with Crippen LogP contribution in [-0.4, -0.2) is 29.9 Å². The number of carbonyl (C=O) groups is 2. The molecule has 2 aromatic rings. The number of rotatable bonds is 5. The second-order valence-corrected chi connectivity index (χ2v) is 7.23. The maximum absolute atomic E-state index is 12.8. The molecule has 0 spiro atoms. The first-order valence-electron chi connectivity index (χ1n) is 8.22. The number of thiocarbonyl (C=S) groups is 1. The summed E-state index contributed by atoms with van der Waals surface area (Å²) in [7, 11) is 1.34. The van der Waals surface area contributed by atoms with Crippen molar-refractivity contribution < 1.29 is 19.1 Å². The molecule has 5 nitrogen and oxygen atoms in total. The minimum absolute atomic E-state index is 0.175. The van der Waals surface area contributed by atoms with E-state index in [1.807, 2.05) is 31.2 Å². The van der Waals surface area contributed by atoms with Gasteiger partial charge in [0.25, 0.3) is 5.91 Å². The molecule has 2 aromatic carbocycles. The summed E-state index contributed by atoms with van der Waals surface area (Å²) in [4.78, 5) is 26.3.